The topological polar surface area (TPSA) is 63.7 Å². The third-order valence-electron chi connectivity index (χ3n) is 4.28. The number of amides is 2. The zero-order chi connectivity index (χ0) is 16.4. The van der Waals surface area contributed by atoms with E-state index in [4.69, 9.17) is 4.74 Å². The molecule has 0 spiro atoms. The number of nitrogens with zero attached hydrogens (tertiary/aromatic N) is 1. The largest absolute Gasteiger partial charge is 0.464 e. The van der Waals surface area contributed by atoms with Crippen molar-refractivity contribution >= 4 is 17.8 Å². The average Bonchev–Trinajstić information content (AvgIpc) is 2.61. The second-order valence-electron chi connectivity index (χ2n) is 6.85. The highest BCUT2D eigenvalue weighted by atomic mass is 16.5. The fraction of sp³-hybridized carbons (Fsp3) is 0.812. The SMILES string of the molecule is CCOC(=O)[C@@H]1CC(C)(C)C(=O)N1C(=O)C[C@H](C)C(C)C. The molecule has 0 radical (unpaired) electrons. The minimum absolute atomic E-state index is 0.164. The molecule has 1 saturated heterocycles. The molecule has 0 unspecified atom stereocenters. The van der Waals surface area contributed by atoms with Gasteiger partial charge >= 0.3 is 5.97 Å². The lowest BCUT2D eigenvalue weighted by molar-refractivity contribution is -0.158. The zero-order valence-electron chi connectivity index (χ0n) is 13.9. The summed E-state index contributed by atoms with van der Waals surface area (Å²) < 4.78 is 5.02. The second kappa shape index (κ2) is 6.58. The van der Waals surface area contributed by atoms with E-state index in [1.54, 1.807) is 20.8 Å². The van der Waals surface area contributed by atoms with Crippen LogP contribution in [0.2, 0.25) is 0 Å². The number of hydrogen-bond acceptors (Lipinski definition) is 4. The summed E-state index contributed by atoms with van der Waals surface area (Å²) in [5.74, 6) is -0.522. The van der Waals surface area contributed by atoms with Crippen LogP contribution in [0.5, 0.6) is 0 Å². The molecular weight excluding hydrogens is 270 g/mol. The van der Waals surface area contributed by atoms with E-state index in [1.165, 1.54) is 0 Å². The van der Waals surface area contributed by atoms with Crippen LogP contribution >= 0.6 is 0 Å². The fourth-order valence-electron chi connectivity index (χ4n) is 2.45. The van der Waals surface area contributed by atoms with Gasteiger partial charge in [-0.25, -0.2) is 4.79 Å². The van der Waals surface area contributed by atoms with E-state index in [0.29, 0.717) is 12.3 Å². The van der Waals surface area contributed by atoms with Crippen LogP contribution in [0.15, 0.2) is 0 Å². The summed E-state index contributed by atoms with van der Waals surface area (Å²) in [7, 11) is 0. The van der Waals surface area contributed by atoms with E-state index < -0.39 is 17.4 Å². The molecule has 0 aromatic carbocycles. The van der Waals surface area contributed by atoms with E-state index in [-0.39, 0.29) is 30.8 Å². The lowest BCUT2D eigenvalue weighted by Crippen LogP contribution is -2.45. The first kappa shape index (κ1) is 17.7. The fourth-order valence-corrected chi connectivity index (χ4v) is 2.45. The minimum atomic E-state index is -0.778. The van der Waals surface area contributed by atoms with Crippen LogP contribution < -0.4 is 0 Å². The molecule has 1 heterocycles. The molecule has 1 fully saturated rings. The van der Waals surface area contributed by atoms with Gasteiger partial charge in [-0.1, -0.05) is 34.6 Å². The number of likely N-dealkylation sites (tertiary alicyclic amines) is 1. The van der Waals surface area contributed by atoms with Crippen LogP contribution in [0.4, 0.5) is 0 Å². The molecule has 1 aliphatic heterocycles. The van der Waals surface area contributed by atoms with Crippen LogP contribution in [0.25, 0.3) is 0 Å². The monoisotopic (exact) mass is 297 g/mol. The number of rotatable bonds is 5. The molecule has 0 N–H and O–H groups in total. The predicted octanol–water partition coefficient (Wildman–Crippen LogP) is 2.39. The molecule has 2 amide bonds. The van der Waals surface area contributed by atoms with Crippen molar-refractivity contribution in [2.24, 2.45) is 17.3 Å². The maximum Gasteiger partial charge on any atom is 0.329 e. The van der Waals surface area contributed by atoms with Crippen molar-refractivity contribution in [3.05, 3.63) is 0 Å². The van der Waals surface area contributed by atoms with Gasteiger partial charge in [0.25, 0.3) is 0 Å². The van der Waals surface area contributed by atoms with Gasteiger partial charge in [0.05, 0.1) is 6.61 Å². The first-order valence-corrected chi connectivity index (χ1v) is 7.65. The zero-order valence-corrected chi connectivity index (χ0v) is 13.9. The number of ether oxygens (including phenoxy) is 1. The molecule has 0 aliphatic carbocycles. The van der Waals surface area contributed by atoms with Crippen LogP contribution in [-0.2, 0) is 19.1 Å². The van der Waals surface area contributed by atoms with E-state index >= 15 is 0 Å². The van der Waals surface area contributed by atoms with Gasteiger partial charge in [0.2, 0.25) is 11.8 Å². The molecule has 0 aromatic heterocycles. The van der Waals surface area contributed by atoms with Crippen LogP contribution in [-0.4, -0.2) is 35.3 Å². The Bertz CT molecular complexity index is 428. The van der Waals surface area contributed by atoms with Gasteiger partial charge < -0.3 is 4.74 Å². The number of carbonyl (C=O) groups excluding carboxylic acids is 3. The molecular formula is C16H27NO4. The van der Waals surface area contributed by atoms with E-state index in [2.05, 4.69) is 0 Å². The summed E-state index contributed by atoms with van der Waals surface area (Å²) in [5.41, 5.74) is -0.700. The van der Waals surface area contributed by atoms with Crippen molar-refractivity contribution in [3.8, 4) is 0 Å². The molecule has 2 atom stereocenters. The van der Waals surface area contributed by atoms with Crippen LogP contribution in [0, 0.1) is 17.3 Å². The second-order valence-corrected chi connectivity index (χ2v) is 6.85. The van der Waals surface area contributed by atoms with Crippen LogP contribution in [0.3, 0.4) is 0 Å². The summed E-state index contributed by atoms with van der Waals surface area (Å²) in [5, 5.41) is 0. The first-order chi connectivity index (χ1) is 9.61. The highest BCUT2D eigenvalue weighted by Crippen LogP contribution is 2.37. The van der Waals surface area contributed by atoms with E-state index in [0.717, 1.165) is 4.90 Å². The standard InChI is InChI=1S/C16H27NO4/c1-7-21-14(19)12-9-16(5,6)15(20)17(12)13(18)8-11(4)10(2)3/h10-12H,7-9H2,1-6H3/t11-,12-/m0/s1. The normalized spacial score (nSPS) is 22.5. The minimum Gasteiger partial charge on any atom is -0.464 e. The molecule has 5 heteroatoms. The summed E-state index contributed by atoms with van der Waals surface area (Å²) in [6.07, 6.45) is 0.599. The Kier molecular flexibility index (Phi) is 5.54. The Balaban J connectivity index is 2.95. The van der Waals surface area contributed by atoms with E-state index in [1.807, 2.05) is 20.8 Å². The highest BCUT2D eigenvalue weighted by molar-refractivity contribution is 6.04. The Morgan fingerprint density at radius 3 is 2.38 bits per heavy atom. The molecule has 0 saturated carbocycles. The predicted molar refractivity (Wildman–Crippen MR) is 79.3 cm³/mol. The lowest BCUT2D eigenvalue weighted by Gasteiger charge is -2.24. The lowest BCUT2D eigenvalue weighted by atomic mass is 9.90. The van der Waals surface area contributed by atoms with Crippen molar-refractivity contribution in [1.29, 1.82) is 0 Å². The van der Waals surface area contributed by atoms with Gasteiger partial charge in [-0.05, 0) is 25.2 Å². The Morgan fingerprint density at radius 1 is 1.33 bits per heavy atom. The van der Waals surface area contributed by atoms with Crippen molar-refractivity contribution < 1.29 is 19.1 Å². The summed E-state index contributed by atoms with van der Waals surface area (Å²) >= 11 is 0. The third kappa shape index (κ3) is 3.83. The third-order valence-corrected chi connectivity index (χ3v) is 4.28. The molecule has 5 nitrogen and oxygen atoms in total. The van der Waals surface area contributed by atoms with Gasteiger partial charge in [0, 0.05) is 11.8 Å². The molecule has 0 aromatic rings. The molecule has 1 aliphatic rings. The Morgan fingerprint density at radius 2 is 1.90 bits per heavy atom. The van der Waals surface area contributed by atoms with Crippen molar-refractivity contribution in [2.45, 2.75) is 60.4 Å². The maximum absolute atomic E-state index is 12.5. The van der Waals surface area contributed by atoms with Gasteiger partial charge in [0.1, 0.15) is 6.04 Å². The summed E-state index contributed by atoms with van der Waals surface area (Å²) in [4.78, 5) is 38.1. The Labute approximate surface area is 127 Å². The summed E-state index contributed by atoms with van der Waals surface area (Å²) in [6.45, 7) is 11.5. The van der Waals surface area contributed by atoms with Gasteiger partial charge in [-0.15, -0.1) is 0 Å². The molecule has 120 valence electrons. The molecule has 0 bridgehead atoms. The first-order valence-electron chi connectivity index (χ1n) is 7.65. The quantitative estimate of drug-likeness (QED) is 0.731. The average molecular weight is 297 g/mol. The molecule has 21 heavy (non-hydrogen) atoms. The Hall–Kier alpha value is -1.39. The van der Waals surface area contributed by atoms with Gasteiger partial charge in [0.15, 0.2) is 0 Å². The van der Waals surface area contributed by atoms with Crippen molar-refractivity contribution in [2.75, 3.05) is 6.61 Å². The number of imide groups is 1. The number of hydrogen-bond donors (Lipinski definition) is 0. The van der Waals surface area contributed by atoms with Gasteiger partial charge in [-0.2, -0.15) is 0 Å². The van der Waals surface area contributed by atoms with Gasteiger partial charge in [-0.3, -0.25) is 14.5 Å². The van der Waals surface area contributed by atoms with Crippen LogP contribution in [0.1, 0.15) is 54.4 Å². The highest BCUT2D eigenvalue weighted by Gasteiger charge is 2.51. The maximum atomic E-state index is 12.5. The van der Waals surface area contributed by atoms with Crippen molar-refractivity contribution in [1.82, 2.24) is 4.90 Å². The molecule has 1 rings (SSSR count). The van der Waals surface area contributed by atoms with E-state index in [9.17, 15) is 14.4 Å². The smallest absolute Gasteiger partial charge is 0.329 e. The number of esters is 1. The number of carbonyl (C=O) groups is 3. The summed E-state index contributed by atoms with van der Waals surface area (Å²) in [6, 6.07) is -0.778. The van der Waals surface area contributed by atoms with Crippen molar-refractivity contribution in [3.63, 3.8) is 0 Å².